The molecule has 2 aromatic heterocycles. The maximum absolute atomic E-state index is 13.4. The molecule has 2 aromatic carbocycles. The van der Waals surface area contributed by atoms with Gasteiger partial charge in [-0.1, -0.05) is 42.5 Å². The number of nitrogens with zero attached hydrogens (tertiary/aromatic N) is 3. The molecule has 7 heteroatoms. The number of rotatable bonds is 5. The van der Waals surface area contributed by atoms with Gasteiger partial charge in [0.2, 0.25) is 0 Å². The number of aryl methyl sites for hydroxylation is 1. The SMILES string of the molecule is CCN(C(=O)c1oc2c(c1C)/C(=N/NC(=O)c1ccc3ccccc3n1)CCC2)c1ccccc1. The molecule has 0 saturated heterocycles. The van der Waals surface area contributed by atoms with Gasteiger partial charge in [-0.3, -0.25) is 9.59 Å². The molecule has 1 N–H and O–H groups in total. The highest BCUT2D eigenvalue weighted by Crippen LogP contribution is 2.31. The van der Waals surface area contributed by atoms with Crippen LogP contribution in [0.4, 0.5) is 5.69 Å². The number of nitrogens with one attached hydrogen (secondary N) is 1. The zero-order chi connectivity index (χ0) is 24.4. The summed E-state index contributed by atoms with van der Waals surface area (Å²) in [4.78, 5) is 32.3. The van der Waals surface area contributed by atoms with Crippen molar-refractivity contribution in [2.24, 2.45) is 5.10 Å². The van der Waals surface area contributed by atoms with Gasteiger partial charge in [-0.05, 0) is 51.0 Å². The smallest absolute Gasteiger partial charge is 0.294 e. The Balaban J connectivity index is 1.41. The fraction of sp³-hybridized carbons (Fsp3) is 0.214. The van der Waals surface area contributed by atoms with Crippen molar-refractivity contribution in [2.45, 2.75) is 33.1 Å². The van der Waals surface area contributed by atoms with E-state index in [0.717, 1.165) is 46.3 Å². The van der Waals surface area contributed by atoms with E-state index in [0.29, 0.717) is 30.1 Å². The topological polar surface area (TPSA) is 87.8 Å². The van der Waals surface area contributed by atoms with Gasteiger partial charge in [0.05, 0.1) is 11.2 Å². The van der Waals surface area contributed by atoms with Crippen molar-refractivity contribution >= 4 is 34.1 Å². The van der Waals surface area contributed by atoms with E-state index >= 15 is 0 Å². The predicted molar refractivity (Wildman–Crippen MR) is 136 cm³/mol. The summed E-state index contributed by atoms with van der Waals surface area (Å²) in [6.45, 7) is 4.33. The summed E-state index contributed by atoms with van der Waals surface area (Å²) in [5.74, 6) is 0.485. The van der Waals surface area contributed by atoms with Crippen LogP contribution in [-0.2, 0) is 6.42 Å². The Bertz CT molecular complexity index is 1440. The van der Waals surface area contributed by atoms with Gasteiger partial charge in [0, 0.05) is 35.2 Å². The number of hydrogen-bond acceptors (Lipinski definition) is 5. The van der Waals surface area contributed by atoms with Crippen LogP contribution >= 0.6 is 0 Å². The van der Waals surface area contributed by atoms with E-state index in [1.807, 2.05) is 74.5 Å². The fourth-order valence-corrected chi connectivity index (χ4v) is 4.53. The zero-order valence-corrected chi connectivity index (χ0v) is 19.7. The minimum absolute atomic E-state index is 0.186. The molecule has 0 unspecified atom stereocenters. The van der Waals surface area contributed by atoms with Crippen LogP contribution < -0.4 is 10.3 Å². The molecule has 0 atom stereocenters. The minimum Gasteiger partial charge on any atom is -0.455 e. The lowest BCUT2D eigenvalue weighted by atomic mass is 9.93. The Kier molecular flexibility index (Phi) is 6.14. The molecule has 2 heterocycles. The number of amides is 2. The third-order valence-electron chi connectivity index (χ3n) is 6.27. The predicted octanol–water partition coefficient (Wildman–Crippen LogP) is 5.27. The molecule has 0 saturated carbocycles. The van der Waals surface area contributed by atoms with E-state index in [-0.39, 0.29) is 11.8 Å². The quantitative estimate of drug-likeness (QED) is 0.406. The lowest BCUT2D eigenvalue weighted by molar-refractivity contribution is 0.0946. The summed E-state index contributed by atoms with van der Waals surface area (Å²) in [5.41, 5.74) is 6.79. The van der Waals surface area contributed by atoms with Crippen LogP contribution in [0.15, 0.2) is 76.2 Å². The van der Waals surface area contributed by atoms with Crippen LogP contribution in [0.1, 0.15) is 57.7 Å². The second-order valence-corrected chi connectivity index (χ2v) is 8.48. The van der Waals surface area contributed by atoms with Gasteiger partial charge in [0.25, 0.3) is 11.8 Å². The highest BCUT2D eigenvalue weighted by molar-refractivity contribution is 6.10. The third kappa shape index (κ3) is 4.33. The molecular formula is C28H26N4O3. The number of hydrogen-bond donors (Lipinski definition) is 1. The highest BCUT2D eigenvalue weighted by Gasteiger charge is 2.30. The Morgan fingerprint density at radius 3 is 2.60 bits per heavy atom. The summed E-state index contributed by atoms with van der Waals surface area (Å²) >= 11 is 0. The first-order valence-corrected chi connectivity index (χ1v) is 11.8. The Labute approximate surface area is 203 Å². The minimum atomic E-state index is -0.380. The lowest BCUT2D eigenvalue weighted by Gasteiger charge is -2.20. The average Bonchev–Trinajstić information content (AvgIpc) is 3.25. The van der Waals surface area contributed by atoms with E-state index in [9.17, 15) is 9.59 Å². The highest BCUT2D eigenvalue weighted by atomic mass is 16.4. The second kappa shape index (κ2) is 9.54. The summed E-state index contributed by atoms with van der Waals surface area (Å²) in [6, 6.07) is 20.7. The normalized spacial score (nSPS) is 14.1. The van der Waals surface area contributed by atoms with Gasteiger partial charge >= 0.3 is 0 Å². The molecule has 5 rings (SSSR count). The maximum Gasteiger partial charge on any atom is 0.294 e. The number of hydrazone groups is 1. The van der Waals surface area contributed by atoms with Gasteiger partial charge in [-0.2, -0.15) is 5.10 Å². The van der Waals surface area contributed by atoms with E-state index in [1.54, 1.807) is 11.0 Å². The van der Waals surface area contributed by atoms with Gasteiger partial charge in [0.15, 0.2) is 5.76 Å². The monoisotopic (exact) mass is 466 g/mol. The number of fused-ring (bicyclic) bond motifs is 2. The first kappa shape index (κ1) is 22.5. The Hall–Kier alpha value is -4.26. The zero-order valence-electron chi connectivity index (χ0n) is 19.7. The van der Waals surface area contributed by atoms with Crippen molar-refractivity contribution in [3.05, 3.63) is 95.1 Å². The number of benzene rings is 2. The molecule has 35 heavy (non-hydrogen) atoms. The molecule has 4 aromatic rings. The molecule has 7 nitrogen and oxygen atoms in total. The number of pyridine rings is 1. The third-order valence-corrected chi connectivity index (χ3v) is 6.27. The second-order valence-electron chi connectivity index (χ2n) is 8.48. The van der Waals surface area contributed by atoms with Gasteiger partial charge in [-0.15, -0.1) is 0 Å². The first-order valence-electron chi connectivity index (χ1n) is 11.8. The van der Waals surface area contributed by atoms with E-state index < -0.39 is 0 Å². The van der Waals surface area contributed by atoms with Crippen molar-refractivity contribution in [1.82, 2.24) is 10.4 Å². The first-order chi connectivity index (χ1) is 17.1. The van der Waals surface area contributed by atoms with Crippen LogP contribution in [-0.4, -0.2) is 29.1 Å². The lowest BCUT2D eigenvalue weighted by Crippen LogP contribution is -2.30. The Morgan fingerprint density at radius 1 is 1.03 bits per heavy atom. The van der Waals surface area contributed by atoms with Gasteiger partial charge in [0.1, 0.15) is 11.5 Å². The average molecular weight is 467 g/mol. The van der Waals surface area contributed by atoms with Crippen LogP contribution in [0.3, 0.4) is 0 Å². The number of carbonyl (C=O) groups is 2. The molecule has 1 aliphatic rings. The van der Waals surface area contributed by atoms with Crippen molar-refractivity contribution in [1.29, 1.82) is 0 Å². The largest absolute Gasteiger partial charge is 0.455 e. The van der Waals surface area contributed by atoms with Crippen LogP contribution in [0.2, 0.25) is 0 Å². The van der Waals surface area contributed by atoms with Crippen molar-refractivity contribution in [3.63, 3.8) is 0 Å². The maximum atomic E-state index is 13.4. The Morgan fingerprint density at radius 2 is 1.80 bits per heavy atom. The van der Waals surface area contributed by atoms with Crippen molar-refractivity contribution in [2.75, 3.05) is 11.4 Å². The van der Waals surface area contributed by atoms with Crippen LogP contribution in [0.5, 0.6) is 0 Å². The molecule has 0 spiro atoms. The van der Waals surface area contributed by atoms with Crippen LogP contribution in [0, 0.1) is 6.92 Å². The molecule has 0 aliphatic heterocycles. The van der Waals surface area contributed by atoms with Crippen molar-refractivity contribution < 1.29 is 14.0 Å². The number of carbonyl (C=O) groups excluding carboxylic acids is 2. The summed E-state index contributed by atoms with van der Waals surface area (Å²) < 4.78 is 6.08. The standard InChI is InChI=1S/C28H26N4O3/c1-3-32(20-11-5-4-6-12-20)28(34)26-18(2)25-22(14-9-15-24(25)35-26)30-31-27(33)23-17-16-19-10-7-8-13-21(19)29-23/h4-8,10-13,16-17H,3,9,14-15H2,1-2H3,(H,31,33)/b30-22+. The van der Waals surface area contributed by atoms with Crippen LogP contribution in [0.25, 0.3) is 10.9 Å². The summed E-state index contributed by atoms with van der Waals surface area (Å²) in [7, 11) is 0. The van der Waals surface area contributed by atoms with Crippen molar-refractivity contribution in [3.8, 4) is 0 Å². The molecular weight excluding hydrogens is 440 g/mol. The summed E-state index contributed by atoms with van der Waals surface area (Å²) in [5, 5.41) is 5.40. The van der Waals surface area contributed by atoms with Gasteiger partial charge in [-0.25, -0.2) is 10.4 Å². The molecule has 1 aliphatic carbocycles. The molecule has 0 bridgehead atoms. The number of para-hydroxylation sites is 2. The number of anilines is 1. The molecule has 0 fully saturated rings. The van der Waals surface area contributed by atoms with E-state index in [2.05, 4.69) is 15.5 Å². The fourth-order valence-electron chi connectivity index (χ4n) is 4.53. The molecule has 176 valence electrons. The van der Waals surface area contributed by atoms with Gasteiger partial charge < -0.3 is 9.32 Å². The van der Waals surface area contributed by atoms with E-state index in [4.69, 9.17) is 4.42 Å². The van der Waals surface area contributed by atoms with E-state index in [1.165, 1.54) is 0 Å². The number of aromatic nitrogens is 1. The molecule has 0 radical (unpaired) electrons. The molecule has 2 amide bonds. The summed E-state index contributed by atoms with van der Waals surface area (Å²) in [6.07, 6.45) is 2.23. The number of furan rings is 1.